The van der Waals surface area contributed by atoms with Gasteiger partial charge in [0.15, 0.2) is 6.54 Å². The van der Waals surface area contributed by atoms with Crippen molar-refractivity contribution in [2.45, 2.75) is 19.3 Å². The topological polar surface area (TPSA) is 20.3 Å². The largest absolute Gasteiger partial charge is 0.338 e. The Morgan fingerprint density at radius 2 is 1.69 bits per heavy atom. The second-order valence-electron chi connectivity index (χ2n) is 4.89. The van der Waals surface area contributed by atoms with Crippen molar-refractivity contribution in [3.63, 3.8) is 0 Å². The van der Waals surface area contributed by atoms with Crippen LogP contribution in [0.5, 0.6) is 0 Å². The van der Waals surface area contributed by atoms with Crippen LogP contribution in [0.4, 0.5) is 0 Å². The molecule has 0 aliphatic carbocycles. The summed E-state index contributed by atoms with van der Waals surface area (Å²) < 4.78 is 0.731. The summed E-state index contributed by atoms with van der Waals surface area (Å²) in [5, 5.41) is 0. The zero-order valence-electron chi connectivity index (χ0n) is 9.05. The standard InChI is InChI=1S/C10H21N2O/c1-12(2,3)9-10(13)11-7-5-4-6-8-11/h4-9H2,1-3H3/q+1. The summed E-state index contributed by atoms with van der Waals surface area (Å²) in [4.78, 5) is 13.7. The number of hydrogen-bond acceptors (Lipinski definition) is 1. The van der Waals surface area contributed by atoms with E-state index in [4.69, 9.17) is 0 Å². The number of rotatable bonds is 2. The number of likely N-dealkylation sites (N-methyl/N-ethyl adjacent to an activating group) is 1. The van der Waals surface area contributed by atoms with E-state index in [0.29, 0.717) is 12.5 Å². The third-order valence-electron chi connectivity index (χ3n) is 2.32. The Morgan fingerprint density at radius 1 is 1.15 bits per heavy atom. The summed E-state index contributed by atoms with van der Waals surface area (Å²) in [6.07, 6.45) is 3.65. The van der Waals surface area contributed by atoms with Crippen LogP contribution in [0.2, 0.25) is 0 Å². The van der Waals surface area contributed by atoms with Crippen molar-refractivity contribution >= 4 is 5.91 Å². The lowest BCUT2D eigenvalue weighted by Gasteiger charge is -2.30. The number of carbonyl (C=O) groups is 1. The van der Waals surface area contributed by atoms with Crippen molar-refractivity contribution in [2.75, 3.05) is 40.8 Å². The maximum absolute atomic E-state index is 11.7. The third kappa shape index (κ3) is 3.77. The van der Waals surface area contributed by atoms with E-state index in [1.165, 1.54) is 19.3 Å². The lowest BCUT2D eigenvalue weighted by molar-refractivity contribution is -0.862. The molecule has 1 aliphatic heterocycles. The molecule has 1 rings (SSSR count). The molecule has 0 spiro atoms. The smallest absolute Gasteiger partial charge is 0.277 e. The van der Waals surface area contributed by atoms with Crippen LogP contribution in [-0.2, 0) is 4.79 Å². The molecule has 1 amide bonds. The minimum Gasteiger partial charge on any atom is -0.338 e. The van der Waals surface area contributed by atoms with Crippen molar-refractivity contribution in [3.05, 3.63) is 0 Å². The molecular weight excluding hydrogens is 164 g/mol. The first kappa shape index (κ1) is 10.5. The highest BCUT2D eigenvalue weighted by Gasteiger charge is 2.21. The van der Waals surface area contributed by atoms with Gasteiger partial charge >= 0.3 is 0 Å². The Bertz CT molecular complexity index is 178. The molecule has 1 heterocycles. The summed E-state index contributed by atoms with van der Waals surface area (Å²) in [6, 6.07) is 0. The van der Waals surface area contributed by atoms with Crippen molar-refractivity contribution in [1.29, 1.82) is 0 Å². The number of nitrogens with zero attached hydrogens (tertiary/aromatic N) is 2. The first-order chi connectivity index (χ1) is 5.99. The van der Waals surface area contributed by atoms with Crippen LogP contribution in [-0.4, -0.2) is 56.1 Å². The van der Waals surface area contributed by atoms with Crippen LogP contribution in [0.1, 0.15) is 19.3 Å². The highest BCUT2D eigenvalue weighted by atomic mass is 16.2. The van der Waals surface area contributed by atoms with E-state index >= 15 is 0 Å². The molecule has 0 N–H and O–H groups in total. The molecule has 1 saturated heterocycles. The highest BCUT2D eigenvalue weighted by Crippen LogP contribution is 2.09. The van der Waals surface area contributed by atoms with E-state index in [9.17, 15) is 4.79 Å². The fraction of sp³-hybridized carbons (Fsp3) is 0.900. The van der Waals surface area contributed by atoms with Crippen molar-refractivity contribution in [3.8, 4) is 0 Å². The fourth-order valence-electron chi connectivity index (χ4n) is 1.65. The molecule has 0 bridgehead atoms. The van der Waals surface area contributed by atoms with Gasteiger partial charge in [-0.05, 0) is 19.3 Å². The van der Waals surface area contributed by atoms with Gasteiger partial charge in [0.2, 0.25) is 0 Å². The Kier molecular flexibility index (Phi) is 3.31. The molecule has 1 fully saturated rings. The molecule has 0 unspecified atom stereocenters. The molecule has 1 aliphatic rings. The number of hydrogen-bond donors (Lipinski definition) is 0. The first-order valence-electron chi connectivity index (χ1n) is 5.07. The molecule has 0 aromatic rings. The van der Waals surface area contributed by atoms with E-state index < -0.39 is 0 Å². The fourth-order valence-corrected chi connectivity index (χ4v) is 1.65. The average molecular weight is 185 g/mol. The number of carbonyl (C=O) groups excluding carboxylic acids is 1. The van der Waals surface area contributed by atoms with Gasteiger partial charge in [0, 0.05) is 13.1 Å². The van der Waals surface area contributed by atoms with Gasteiger partial charge in [0.05, 0.1) is 21.1 Å². The van der Waals surface area contributed by atoms with Gasteiger partial charge in [-0.3, -0.25) is 4.79 Å². The van der Waals surface area contributed by atoms with Crippen LogP contribution in [0, 0.1) is 0 Å². The van der Waals surface area contributed by atoms with Crippen LogP contribution in [0.25, 0.3) is 0 Å². The molecule has 0 aromatic heterocycles. The van der Waals surface area contributed by atoms with E-state index in [-0.39, 0.29) is 0 Å². The van der Waals surface area contributed by atoms with Crippen LogP contribution < -0.4 is 0 Å². The number of amides is 1. The monoisotopic (exact) mass is 185 g/mol. The summed E-state index contributed by atoms with van der Waals surface area (Å²) in [5.41, 5.74) is 0. The molecule has 0 aromatic carbocycles. The van der Waals surface area contributed by atoms with Gasteiger partial charge in [-0.1, -0.05) is 0 Å². The summed E-state index contributed by atoms with van der Waals surface area (Å²) in [7, 11) is 6.17. The summed E-state index contributed by atoms with van der Waals surface area (Å²) in [5.74, 6) is 0.312. The number of quaternary nitrogens is 1. The van der Waals surface area contributed by atoms with Gasteiger partial charge in [-0.15, -0.1) is 0 Å². The minimum absolute atomic E-state index is 0.312. The van der Waals surface area contributed by atoms with E-state index in [1.54, 1.807) is 0 Å². The Morgan fingerprint density at radius 3 is 2.15 bits per heavy atom. The van der Waals surface area contributed by atoms with Crippen molar-refractivity contribution in [2.24, 2.45) is 0 Å². The van der Waals surface area contributed by atoms with Gasteiger partial charge in [-0.2, -0.15) is 0 Å². The summed E-state index contributed by atoms with van der Waals surface area (Å²) in [6.45, 7) is 2.57. The molecule has 76 valence electrons. The van der Waals surface area contributed by atoms with Crippen molar-refractivity contribution < 1.29 is 9.28 Å². The Balaban J connectivity index is 2.38. The first-order valence-corrected chi connectivity index (χ1v) is 5.07. The quantitative estimate of drug-likeness (QED) is 0.580. The van der Waals surface area contributed by atoms with Crippen molar-refractivity contribution in [1.82, 2.24) is 4.90 Å². The number of likely N-dealkylation sites (tertiary alicyclic amines) is 1. The average Bonchev–Trinajstić information content (AvgIpc) is 2.03. The van der Waals surface area contributed by atoms with Gasteiger partial charge in [0.1, 0.15) is 0 Å². The molecule has 3 heteroatoms. The van der Waals surface area contributed by atoms with E-state index in [0.717, 1.165) is 17.6 Å². The maximum Gasteiger partial charge on any atom is 0.277 e. The third-order valence-corrected chi connectivity index (χ3v) is 2.32. The predicted molar refractivity (Wildman–Crippen MR) is 53.3 cm³/mol. The molecule has 0 saturated carbocycles. The van der Waals surface area contributed by atoms with Gasteiger partial charge in [0.25, 0.3) is 5.91 Å². The lowest BCUT2D eigenvalue weighted by atomic mass is 10.1. The van der Waals surface area contributed by atoms with Gasteiger partial charge < -0.3 is 9.38 Å². The molecule has 0 radical (unpaired) electrons. The van der Waals surface area contributed by atoms with E-state index in [2.05, 4.69) is 21.1 Å². The van der Waals surface area contributed by atoms with Crippen LogP contribution >= 0.6 is 0 Å². The Labute approximate surface area is 80.9 Å². The second kappa shape index (κ2) is 4.09. The SMILES string of the molecule is C[N+](C)(C)CC(=O)N1CCCCC1. The zero-order chi connectivity index (χ0) is 9.90. The molecule has 0 atom stereocenters. The van der Waals surface area contributed by atoms with Crippen LogP contribution in [0.15, 0.2) is 0 Å². The normalized spacial score (nSPS) is 18.8. The Hall–Kier alpha value is -0.570. The van der Waals surface area contributed by atoms with E-state index in [1.807, 2.05) is 4.90 Å². The maximum atomic E-state index is 11.7. The number of piperidine rings is 1. The molecule has 3 nitrogen and oxygen atoms in total. The van der Waals surface area contributed by atoms with Crippen LogP contribution in [0.3, 0.4) is 0 Å². The molecule has 13 heavy (non-hydrogen) atoms. The lowest BCUT2D eigenvalue weighted by Crippen LogP contribution is -2.47. The highest BCUT2D eigenvalue weighted by molar-refractivity contribution is 5.77. The zero-order valence-corrected chi connectivity index (χ0v) is 9.05. The van der Waals surface area contributed by atoms with Gasteiger partial charge in [-0.25, -0.2) is 0 Å². The predicted octanol–water partition coefficient (Wildman–Crippen LogP) is 0.705. The molecular formula is C10H21N2O+. The minimum atomic E-state index is 0.312. The second-order valence-corrected chi connectivity index (χ2v) is 4.89. The summed E-state index contributed by atoms with van der Waals surface area (Å²) >= 11 is 0.